The number of aromatic amines is 1. The van der Waals surface area contributed by atoms with Crippen LogP contribution in [-0.2, 0) is 6.54 Å². The van der Waals surface area contributed by atoms with E-state index in [0.29, 0.717) is 17.7 Å². The molecular weight excluding hydrogens is 360 g/mol. The lowest BCUT2D eigenvalue weighted by atomic mass is 10.0. The molecule has 0 saturated heterocycles. The molecule has 1 fully saturated rings. The van der Waals surface area contributed by atoms with E-state index in [2.05, 4.69) is 18.0 Å². The molecule has 0 aliphatic heterocycles. The fraction of sp³-hybridized carbons (Fsp3) is 0.360. The molecule has 1 aromatic heterocycles. The first kappa shape index (κ1) is 19.4. The van der Waals surface area contributed by atoms with E-state index in [9.17, 15) is 9.59 Å². The SMILES string of the molecule is Cc1ccc(C(=O)N(Cc2cc3c(C)ccc(C)c3[nH]c2=O)C2CCCC2)cc1. The number of carbonyl (C=O) groups excluding carboxylic acids is 1. The maximum atomic E-state index is 13.4. The van der Waals surface area contributed by atoms with Crippen molar-refractivity contribution >= 4 is 16.8 Å². The van der Waals surface area contributed by atoms with E-state index < -0.39 is 0 Å². The number of amides is 1. The predicted octanol–water partition coefficient (Wildman–Crippen LogP) is 5.04. The van der Waals surface area contributed by atoms with Crippen molar-refractivity contribution in [3.05, 3.63) is 80.6 Å². The highest BCUT2D eigenvalue weighted by Crippen LogP contribution is 2.27. The Hall–Kier alpha value is -2.88. The molecule has 0 spiro atoms. The lowest BCUT2D eigenvalue weighted by Crippen LogP contribution is -2.39. The lowest BCUT2D eigenvalue weighted by Gasteiger charge is -2.29. The van der Waals surface area contributed by atoms with Gasteiger partial charge in [0.1, 0.15) is 0 Å². The number of hydrogen-bond donors (Lipinski definition) is 1. The summed E-state index contributed by atoms with van der Waals surface area (Å²) in [4.78, 5) is 31.2. The van der Waals surface area contributed by atoms with Gasteiger partial charge in [-0.3, -0.25) is 9.59 Å². The van der Waals surface area contributed by atoms with E-state index in [4.69, 9.17) is 0 Å². The second-order valence-electron chi connectivity index (χ2n) is 8.35. The summed E-state index contributed by atoms with van der Waals surface area (Å²) < 4.78 is 0. The monoisotopic (exact) mass is 388 g/mol. The molecule has 0 radical (unpaired) electrons. The molecule has 0 atom stereocenters. The maximum Gasteiger partial charge on any atom is 0.254 e. The zero-order chi connectivity index (χ0) is 20.5. The maximum absolute atomic E-state index is 13.4. The van der Waals surface area contributed by atoms with E-state index in [1.165, 1.54) is 0 Å². The number of nitrogens with one attached hydrogen (secondary N) is 1. The fourth-order valence-corrected chi connectivity index (χ4v) is 4.36. The quantitative estimate of drug-likeness (QED) is 0.681. The first-order valence-electron chi connectivity index (χ1n) is 10.4. The molecule has 1 amide bonds. The van der Waals surface area contributed by atoms with Crippen molar-refractivity contribution in [2.75, 3.05) is 0 Å². The summed E-state index contributed by atoms with van der Waals surface area (Å²) in [5, 5.41) is 1.05. The second kappa shape index (κ2) is 7.86. The van der Waals surface area contributed by atoms with Crippen molar-refractivity contribution in [3.8, 4) is 0 Å². The normalized spacial score (nSPS) is 14.4. The number of aryl methyl sites for hydroxylation is 3. The highest BCUT2D eigenvalue weighted by molar-refractivity contribution is 5.94. The third-order valence-electron chi connectivity index (χ3n) is 6.19. The highest BCUT2D eigenvalue weighted by Gasteiger charge is 2.28. The number of aromatic nitrogens is 1. The number of rotatable bonds is 4. The predicted molar refractivity (Wildman–Crippen MR) is 117 cm³/mol. The zero-order valence-corrected chi connectivity index (χ0v) is 17.4. The van der Waals surface area contributed by atoms with Crippen LogP contribution in [0.5, 0.6) is 0 Å². The average Bonchev–Trinajstić information content (AvgIpc) is 3.24. The summed E-state index contributed by atoms with van der Waals surface area (Å²) in [5.41, 5.74) is 5.43. The molecule has 1 aliphatic carbocycles. The third-order valence-corrected chi connectivity index (χ3v) is 6.19. The Morgan fingerprint density at radius 1 is 1.00 bits per heavy atom. The zero-order valence-electron chi connectivity index (χ0n) is 17.4. The topological polar surface area (TPSA) is 53.2 Å². The molecule has 4 heteroatoms. The largest absolute Gasteiger partial charge is 0.331 e. The molecule has 4 rings (SSSR count). The van der Waals surface area contributed by atoms with Gasteiger partial charge in [-0.25, -0.2) is 0 Å². The Morgan fingerprint density at radius 2 is 1.66 bits per heavy atom. The Bertz CT molecular complexity index is 1110. The van der Waals surface area contributed by atoms with Gasteiger partial charge in [0.15, 0.2) is 0 Å². The van der Waals surface area contributed by atoms with Gasteiger partial charge in [0.05, 0.1) is 12.1 Å². The van der Waals surface area contributed by atoms with E-state index in [-0.39, 0.29) is 17.5 Å². The molecule has 0 bridgehead atoms. The van der Waals surface area contributed by atoms with Crippen LogP contribution in [-0.4, -0.2) is 21.8 Å². The van der Waals surface area contributed by atoms with Crippen LogP contribution >= 0.6 is 0 Å². The van der Waals surface area contributed by atoms with Crippen LogP contribution in [0.25, 0.3) is 10.9 Å². The van der Waals surface area contributed by atoms with Gasteiger partial charge in [-0.05, 0) is 62.9 Å². The van der Waals surface area contributed by atoms with Gasteiger partial charge < -0.3 is 9.88 Å². The number of H-pyrrole nitrogens is 1. The first-order valence-corrected chi connectivity index (χ1v) is 10.4. The van der Waals surface area contributed by atoms with Crippen LogP contribution in [0.3, 0.4) is 0 Å². The number of hydrogen-bond acceptors (Lipinski definition) is 2. The number of carbonyl (C=O) groups is 1. The summed E-state index contributed by atoms with van der Waals surface area (Å²) >= 11 is 0. The third kappa shape index (κ3) is 3.84. The van der Waals surface area contributed by atoms with Crippen LogP contribution in [0.15, 0.2) is 47.3 Å². The van der Waals surface area contributed by atoms with Gasteiger partial charge >= 0.3 is 0 Å². The first-order chi connectivity index (χ1) is 13.9. The fourth-order valence-electron chi connectivity index (χ4n) is 4.36. The van der Waals surface area contributed by atoms with Gasteiger partial charge in [-0.2, -0.15) is 0 Å². The van der Waals surface area contributed by atoms with Gasteiger partial charge in [0, 0.05) is 22.6 Å². The van der Waals surface area contributed by atoms with Crippen LogP contribution in [0.1, 0.15) is 58.3 Å². The molecule has 1 N–H and O–H groups in total. The van der Waals surface area contributed by atoms with E-state index in [1.807, 2.05) is 55.1 Å². The molecule has 2 aromatic carbocycles. The Labute approximate surface area is 171 Å². The average molecular weight is 389 g/mol. The Balaban J connectivity index is 1.73. The number of pyridine rings is 1. The number of nitrogens with zero attached hydrogens (tertiary/aromatic N) is 1. The van der Waals surface area contributed by atoms with Crippen LogP contribution in [0.2, 0.25) is 0 Å². The minimum Gasteiger partial charge on any atom is -0.331 e. The van der Waals surface area contributed by atoms with Gasteiger partial charge in [0.2, 0.25) is 0 Å². The van der Waals surface area contributed by atoms with Crippen molar-refractivity contribution in [2.45, 2.75) is 59.0 Å². The number of fused-ring (bicyclic) bond motifs is 1. The van der Waals surface area contributed by atoms with Crippen molar-refractivity contribution in [2.24, 2.45) is 0 Å². The van der Waals surface area contributed by atoms with Crippen LogP contribution in [0.4, 0.5) is 0 Å². The Kier molecular flexibility index (Phi) is 5.27. The second-order valence-corrected chi connectivity index (χ2v) is 8.35. The smallest absolute Gasteiger partial charge is 0.254 e. The molecule has 1 heterocycles. The van der Waals surface area contributed by atoms with Crippen LogP contribution < -0.4 is 5.56 Å². The summed E-state index contributed by atoms with van der Waals surface area (Å²) in [7, 11) is 0. The molecule has 1 aliphatic rings. The summed E-state index contributed by atoms with van der Waals surface area (Å²) in [6, 6.07) is 14.0. The van der Waals surface area contributed by atoms with Crippen molar-refractivity contribution < 1.29 is 4.79 Å². The van der Waals surface area contributed by atoms with Crippen molar-refractivity contribution in [1.82, 2.24) is 9.88 Å². The van der Waals surface area contributed by atoms with Gasteiger partial charge in [0.25, 0.3) is 11.5 Å². The van der Waals surface area contributed by atoms with Gasteiger partial charge in [-0.1, -0.05) is 42.7 Å². The molecule has 3 aromatic rings. The Morgan fingerprint density at radius 3 is 2.34 bits per heavy atom. The lowest BCUT2D eigenvalue weighted by molar-refractivity contribution is 0.0664. The minimum absolute atomic E-state index is 0.0114. The van der Waals surface area contributed by atoms with Crippen LogP contribution in [0, 0.1) is 20.8 Å². The molecule has 150 valence electrons. The molecule has 29 heavy (non-hydrogen) atoms. The summed E-state index contributed by atoms with van der Waals surface area (Å²) in [6.07, 6.45) is 4.27. The molecule has 0 unspecified atom stereocenters. The van der Waals surface area contributed by atoms with E-state index in [1.54, 1.807) is 0 Å². The van der Waals surface area contributed by atoms with E-state index in [0.717, 1.165) is 53.3 Å². The van der Waals surface area contributed by atoms with Gasteiger partial charge in [-0.15, -0.1) is 0 Å². The standard InChI is InChI=1S/C25H28N2O2/c1-16-8-12-19(13-9-16)25(29)27(21-6-4-5-7-21)15-20-14-22-17(2)10-11-18(3)23(22)26-24(20)28/h8-14,21H,4-7,15H2,1-3H3,(H,26,28). The minimum atomic E-state index is -0.106. The summed E-state index contributed by atoms with van der Waals surface area (Å²) in [6.45, 7) is 6.41. The van der Waals surface area contributed by atoms with Crippen molar-refractivity contribution in [3.63, 3.8) is 0 Å². The number of benzene rings is 2. The van der Waals surface area contributed by atoms with Crippen molar-refractivity contribution in [1.29, 1.82) is 0 Å². The molecule has 1 saturated carbocycles. The highest BCUT2D eigenvalue weighted by atomic mass is 16.2. The summed E-state index contributed by atoms with van der Waals surface area (Å²) in [5.74, 6) is 0.0114. The molecule has 4 nitrogen and oxygen atoms in total. The van der Waals surface area contributed by atoms with E-state index >= 15 is 0 Å². The molecular formula is C25H28N2O2.